The number of nitrogens with two attached hydrogens (primary N) is 1. The fourth-order valence-electron chi connectivity index (χ4n) is 3.61. The van der Waals surface area contributed by atoms with Crippen LogP contribution < -0.4 is 15.2 Å². The minimum absolute atomic E-state index is 0.131. The largest absolute Gasteiger partial charge is 0.497 e. The number of rotatable bonds is 9. The van der Waals surface area contributed by atoms with Crippen LogP contribution in [-0.2, 0) is 27.5 Å². The lowest BCUT2D eigenvalue weighted by molar-refractivity contribution is -0.155. The van der Waals surface area contributed by atoms with Gasteiger partial charge in [0.25, 0.3) is 5.91 Å². The lowest BCUT2D eigenvalue weighted by Gasteiger charge is -2.26. The van der Waals surface area contributed by atoms with E-state index in [1.54, 1.807) is 39.0 Å². The van der Waals surface area contributed by atoms with Crippen molar-refractivity contribution in [2.24, 2.45) is 5.73 Å². The van der Waals surface area contributed by atoms with Crippen molar-refractivity contribution >= 4 is 17.8 Å². The Kier molecular flexibility index (Phi) is 7.00. The smallest absolute Gasteiger partial charge is 0.306 e. The molecule has 1 atom stereocenters. The molecule has 34 heavy (non-hydrogen) atoms. The number of carbonyl (C=O) groups excluding carboxylic acids is 3. The molecule has 1 aliphatic heterocycles. The van der Waals surface area contributed by atoms with Crippen LogP contribution in [0.4, 0.5) is 4.39 Å². The Morgan fingerprint density at radius 1 is 1.26 bits per heavy atom. The van der Waals surface area contributed by atoms with E-state index in [9.17, 15) is 18.8 Å². The fourth-order valence-corrected chi connectivity index (χ4v) is 3.61. The number of esters is 1. The highest BCUT2D eigenvalue weighted by Gasteiger charge is 2.37. The number of amides is 2. The summed E-state index contributed by atoms with van der Waals surface area (Å²) >= 11 is 0. The number of primary amides is 1. The lowest BCUT2D eigenvalue weighted by atomic mass is 10.1. The van der Waals surface area contributed by atoms with Crippen molar-refractivity contribution in [1.82, 2.24) is 4.90 Å². The van der Waals surface area contributed by atoms with Gasteiger partial charge in [-0.2, -0.15) is 0 Å². The molecule has 0 aliphatic carbocycles. The summed E-state index contributed by atoms with van der Waals surface area (Å²) in [5, 5.41) is 0. The van der Waals surface area contributed by atoms with Crippen molar-refractivity contribution in [2.75, 3.05) is 7.11 Å². The monoisotopic (exact) mass is 473 g/mol. The molecule has 182 valence electrons. The maximum Gasteiger partial charge on any atom is 0.306 e. The Hall–Kier alpha value is -3.62. The van der Waals surface area contributed by atoms with Crippen molar-refractivity contribution < 1.29 is 34.4 Å². The lowest BCUT2D eigenvalue weighted by Crippen LogP contribution is -2.45. The number of benzene rings is 2. The number of nitrogens with zero attached hydrogens (tertiary/aromatic N) is 1. The van der Waals surface area contributed by atoms with Crippen LogP contribution in [0.2, 0.25) is 0 Å². The summed E-state index contributed by atoms with van der Waals surface area (Å²) in [4.78, 5) is 38.6. The molecular weight excluding hydrogens is 443 g/mol. The summed E-state index contributed by atoms with van der Waals surface area (Å²) in [5.74, 6) is -1.96. The second kappa shape index (κ2) is 10.1. The van der Waals surface area contributed by atoms with Gasteiger partial charge in [0.1, 0.15) is 35.5 Å². The van der Waals surface area contributed by atoms with Gasteiger partial charge in [0.05, 0.1) is 15.0 Å². The van der Waals surface area contributed by atoms with Gasteiger partial charge in [0.2, 0.25) is 5.91 Å². The quantitative estimate of drug-likeness (QED) is 0.560. The van der Waals surface area contributed by atoms with Crippen LogP contribution in [0.25, 0.3) is 0 Å². The maximum absolute atomic E-state index is 14.2. The highest BCUT2D eigenvalue weighted by Crippen LogP contribution is 2.33. The van der Waals surface area contributed by atoms with E-state index in [0.717, 1.165) is 4.90 Å². The van der Waals surface area contributed by atoms with Crippen molar-refractivity contribution in [3.05, 3.63) is 58.9 Å². The van der Waals surface area contributed by atoms with Crippen LogP contribution in [0.3, 0.4) is 0 Å². The predicted octanol–water partition coefficient (Wildman–Crippen LogP) is 3.34. The van der Waals surface area contributed by atoms with Crippen LogP contribution >= 0.6 is 0 Å². The topological polar surface area (TPSA) is 108 Å². The van der Waals surface area contributed by atoms with Gasteiger partial charge in [-0.05, 0) is 57.5 Å². The van der Waals surface area contributed by atoms with Gasteiger partial charge in [-0.1, -0.05) is 6.07 Å². The van der Waals surface area contributed by atoms with Gasteiger partial charge in [0, 0.05) is 23.1 Å². The van der Waals surface area contributed by atoms with E-state index < -0.39 is 35.2 Å². The maximum atomic E-state index is 14.2. The molecule has 0 spiro atoms. The Balaban J connectivity index is 1.80. The number of methoxy groups -OCH3 is 1. The fraction of sp³-hybridized carbons (Fsp3) is 0.400. The van der Waals surface area contributed by atoms with Crippen LogP contribution in [0.5, 0.6) is 11.5 Å². The summed E-state index contributed by atoms with van der Waals surface area (Å²) < 4.78 is 39.1. The Bertz CT molecular complexity index is 1150. The van der Waals surface area contributed by atoms with Crippen molar-refractivity contribution in [3.8, 4) is 11.5 Å². The number of fused-ring (bicyclic) bond motifs is 1. The molecule has 0 bridgehead atoms. The van der Waals surface area contributed by atoms with E-state index in [1.807, 2.05) is 0 Å². The SMILES string of the molecule is [2H]C(CCC(=O)OC(C)(C)C)(C(N)=O)N1Cc2c(OCc3cc(OC)ccc3F)cccc2C1=O. The van der Waals surface area contributed by atoms with Gasteiger partial charge in [-0.3, -0.25) is 14.4 Å². The van der Waals surface area contributed by atoms with Crippen molar-refractivity contribution in [2.45, 2.75) is 58.4 Å². The summed E-state index contributed by atoms with van der Waals surface area (Å²) in [6, 6.07) is 6.84. The van der Waals surface area contributed by atoms with Gasteiger partial charge >= 0.3 is 5.97 Å². The molecule has 2 amide bonds. The molecular formula is C25H29FN2O6. The highest BCUT2D eigenvalue weighted by atomic mass is 19.1. The Morgan fingerprint density at radius 3 is 2.65 bits per heavy atom. The van der Waals surface area contributed by atoms with E-state index in [-0.39, 0.29) is 37.1 Å². The predicted molar refractivity (Wildman–Crippen MR) is 122 cm³/mol. The Labute approximate surface area is 199 Å². The summed E-state index contributed by atoms with van der Waals surface area (Å²) in [7, 11) is 1.47. The minimum atomic E-state index is -2.18. The normalized spacial score (nSPS) is 15.3. The molecule has 3 rings (SSSR count). The van der Waals surface area contributed by atoms with E-state index in [0.29, 0.717) is 17.1 Å². The van der Waals surface area contributed by atoms with E-state index in [2.05, 4.69) is 0 Å². The van der Waals surface area contributed by atoms with Gasteiger partial charge in [-0.15, -0.1) is 0 Å². The number of halogens is 1. The summed E-state index contributed by atoms with van der Waals surface area (Å²) in [5.41, 5.74) is 5.72. The molecule has 0 radical (unpaired) electrons. The van der Waals surface area contributed by atoms with Crippen molar-refractivity contribution in [1.29, 1.82) is 0 Å². The average molecular weight is 474 g/mol. The van der Waals surface area contributed by atoms with Crippen LogP contribution in [-0.4, -0.2) is 41.4 Å². The summed E-state index contributed by atoms with van der Waals surface area (Å²) in [6.45, 7) is 4.84. The minimum Gasteiger partial charge on any atom is -0.497 e. The van der Waals surface area contributed by atoms with E-state index in [4.69, 9.17) is 21.3 Å². The zero-order valence-electron chi connectivity index (χ0n) is 20.6. The zero-order chi connectivity index (χ0) is 26.0. The van der Waals surface area contributed by atoms with Gasteiger partial charge < -0.3 is 24.8 Å². The molecule has 2 aromatic rings. The van der Waals surface area contributed by atoms with Crippen LogP contribution in [0.15, 0.2) is 36.4 Å². The van der Waals surface area contributed by atoms with Gasteiger partial charge in [-0.25, -0.2) is 4.39 Å². The van der Waals surface area contributed by atoms with Crippen LogP contribution in [0.1, 0.15) is 56.5 Å². The molecule has 0 aromatic heterocycles. The first-order valence-electron chi connectivity index (χ1n) is 11.3. The highest BCUT2D eigenvalue weighted by molar-refractivity contribution is 6.01. The average Bonchev–Trinajstić information content (AvgIpc) is 3.13. The molecule has 9 heteroatoms. The molecule has 1 unspecified atom stereocenters. The molecule has 0 fully saturated rings. The third-order valence-electron chi connectivity index (χ3n) is 5.16. The molecule has 0 saturated carbocycles. The number of ether oxygens (including phenoxy) is 3. The summed E-state index contributed by atoms with van der Waals surface area (Å²) in [6.07, 6.45) is -0.607. The molecule has 1 heterocycles. The zero-order valence-corrected chi connectivity index (χ0v) is 19.6. The molecule has 2 aromatic carbocycles. The number of hydrogen-bond acceptors (Lipinski definition) is 6. The molecule has 2 N–H and O–H groups in total. The first kappa shape index (κ1) is 23.5. The van der Waals surface area contributed by atoms with Gasteiger partial charge in [0.15, 0.2) is 0 Å². The van der Waals surface area contributed by atoms with E-state index >= 15 is 0 Å². The Morgan fingerprint density at radius 2 is 2.00 bits per heavy atom. The third-order valence-corrected chi connectivity index (χ3v) is 5.16. The second-order valence-corrected chi connectivity index (χ2v) is 8.82. The standard InChI is InChI=1S/C25H29FN2O6/c1-25(2,3)34-22(29)11-10-20(23(27)30)28-13-18-17(24(28)31)6-5-7-21(18)33-14-15-12-16(32-4)8-9-19(15)26/h5-9,12,20H,10-11,13-14H2,1-4H3,(H2,27,30)/i20D. The first-order valence-corrected chi connectivity index (χ1v) is 10.8. The van der Waals surface area contributed by atoms with Crippen LogP contribution in [0, 0.1) is 5.82 Å². The number of carbonyl (C=O) groups is 3. The molecule has 0 saturated heterocycles. The molecule has 1 aliphatic rings. The second-order valence-electron chi connectivity index (χ2n) is 8.82. The van der Waals surface area contributed by atoms with Crippen molar-refractivity contribution in [3.63, 3.8) is 0 Å². The third kappa shape index (κ3) is 5.84. The van der Waals surface area contributed by atoms with E-state index in [1.165, 1.54) is 25.3 Å². The first-order chi connectivity index (χ1) is 16.4. The number of hydrogen-bond donors (Lipinski definition) is 1. The molecule has 8 nitrogen and oxygen atoms in total.